The van der Waals surface area contributed by atoms with Crippen LogP contribution in [0.4, 0.5) is 4.39 Å². The Bertz CT molecular complexity index is 865. The Morgan fingerprint density at radius 1 is 1.00 bits per heavy atom. The molecular weight excluding hydrogens is 334 g/mol. The molecule has 0 fully saturated rings. The molecule has 2 aromatic carbocycles. The van der Waals surface area contributed by atoms with E-state index in [4.69, 9.17) is 34.8 Å². The molecule has 0 saturated heterocycles. The molecule has 0 spiro atoms. The van der Waals surface area contributed by atoms with Gasteiger partial charge in [-0.1, -0.05) is 34.8 Å². The molecular formula is C15H8Cl3FN2. The van der Waals surface area contributed by atoms with Gasteiger partial charge in [-0.15, -0.1) is 0 Å². The number of hydrogen-bond acceptors (Lipinski definition) is 2. The number of halogens is 4. The van der Waals surface area contributed by atoms with E-state index < -0.39 is 0 Å². The summed E-state index contributed by atoms with van der Waals surface area (Å²) in [4.78, 5) is 8.69. The summed E-state index contributed by atoms with van der Waals surface area (Å²) < 4.78 is 13.2. The normalized spacial score (nSPS) is 11.1. The topological polar surface area (TPSA) is 25.8 Å². The van der Waals surface area contributed by atoms with E-state index in [1.165, 1.54) is 12.1 Å². The fourth-order valence-corrected chi connectivity index (χ4v) is 2.88. The van der Waals surface area contributed by atoms with E-state index in [0.29, 0.717) is 32.3 Å². The van der Waals surface area contributed by atoms with Crippen molar-refractivity contribution < 1.29 is 4.39 Å². The third kappa shape index (κ3) is 2.69. The number of benzene rings is 2. The van der Waals surface area contributed by atoms with Crippen molar-refractivity contribution in [3.05, 3.63) is 56.9 Å². The second-order valence-electron chi connectivity index (χ2n) is 4.58. The van der Waals surface area contributed by atoms with Crippen LogP contribution in [0.1, 0.15) is 5.56 Å². The SMILES string of the molecule is Cc1cc(F)ccc1-c1nc(Cl)c2cc(Cl)cc(Cl)c2n1. The minimum absolute atomic E-state index is 0.253. The summed E-state index contributed by atoms with van der Waals surface area (Å²) in [6, 6.07) is 7.64. The van der Waals surface area contributed by atoms with Crippen LogP contribution in [0.5, 0.6) is 0 Å². The highest BCUT2D eigenvalue weighted by Crippen LogP contribution is 2.32. The highest BCUT2D eigenvalue weighted by molar-refractivity contribution is 6.41. The number of aryl methyl sites for hydroxylation is 1. The van der Waals surface area contributed by atoms with Gasteiger partial charge in [0.15, 0.2) is 5.82 Å². The molecule has 0 radical (unpaired) electrons. The Hall–Kier alpha value is -1.42. The molecule has 21 heavy (non-hydrogen) atoms. The minimum Gasteiger partial charge on any atom is -0.226 e. The average molecular weight is 342 g/mol. The lowest BCUT2D eigenvalue weighted by Crippen LogP contribution is -1.95. The van der Waals surface area contributed by atoms with Gasteiger partial charge in [-0.3, -0.25) is 0 Å². The van der Waals surface area contributed by atoms with Crippen molar-refractivity contribution in [2.24, 2.45) is 0 Å². The second kappa shape index (κ2) is 5.41. The Labute approximate surface area is 135 Å². The van der Waals surface area contributed by atoms with Crippen molar-refractivity contribution in [1.82, 2.24) is 9.97 Å². The molecule has 106 valence electrons. The summed E-state index contributed by atoms with van der Waals surface area (Å²) >= 11 is 18.3. The van der Waals surface area contributed by atoms with Crippen LogP contribution in [0.25, 0.3) is 22.3 Å². The van der Waals surface area contributed by atoms with Gasteiger partial charge in [0.25, 0.3) is 0 Å². The maximum Gasteiger partial charge on any atom is 0.161 e. The van der Waals surface area contributed by atoms with Crippen LogP contribution in [-0.2, 0) is 0 Å². The maximum atomic E-state index is 13.2. The third-order valence-electron chi connectivity index (χ3n) is 3.10. The van der Waals surface area contributed by atoms with E-state index in [9.17, 15) is 4.39 Å². The maximum absolute atomic E-state index is 13.2. The largest absolute Gasteiger partial charge is 0.226 e. The zero-order chi connectivity index (χ0) is 15.1. The highest BCUT2D eigenvalue weighted by atomic mass is 35.5. The molecule has 0 aliphatic carbocycles. The summed E-state index contributed by atoms with van der Waals surface area (Å²) in [5.41, 5.74) is 1.93. The second-order valence-corrected chi connectivity index (χ2v) is 5.78. The lowest BCUT2D eigenvalue weighted by Gasteiger charge is -2.08. The fourth-order valence-electron chi connectivity index (χ4n) is 2.12. The molecule has 0 bridgehead atoms. The highest BCUT2D eigenvalue weighted by Gasteiger charge is 2.13. The zero-order valence-electron chi connectivity index (χ0n) is 10.8. The van der Waals surface area contributed by atoms with Gasteiger partial charge < -0.3 is 0 Å². The Morgan fingerprint density at radius 2 is 1.76 bits per heavy atom. The lowest BCUT2D eigenvalue weighted by molar-refractivity contribution is 0.627. The van der Waals surface area contributed by atoms with Gasteiger partial charge in [0.1, 0.15) is 11.0 Å². The van der Waals surface area contributed by atoms with Crippen LogP contribution in [0, 0.1) is 12.7 Å². The zero-order valence-corrected chi connectivity index (χ0v) is 13.1. The van der Waals surface area contributed by atoms with Crippen molar-refractivity contribution >= 4 is 45.7 Å². The summed E-state index contributed by atoms with van der Waals surface area (Å²) in [7, 11) is 0. The molecule has 0 unspecified atom stereocenters. The van der Waals surface area contributed by atoms with Crippen molar-refractivity contribution in [2.45, 2.75) is 6.92 Å². The van der Waals surface area contributed by atoms with Crippen LogP contribution < -0.4 is 0 Å². The molecule has 0 N–H and O–H groups in total. The summed E-state index contributed by atoms with van der Waals surface area (Å²) in [6.45, 7) is 1.78. The minimum atomic E-state index is -0.312. The van der Waals surface area contributed by atoms with Gasteiger partial charge in [-0.05, 0) is 42.8 Å². The molecule has 0 amide bonds. The number of nitrogens with zero attached hydrogens (tertiary/aromatic N) is 2. The quantitative estimate of drug-likeness (QED) is 0.530. The summed E-state index contributed by atoms with van der Waals surface area (Å²) in [5.74, 6) is 0.0853. The lowest BCUT2D eigenvalue weighted by atomic mass is 10.1. The van der Waals surface area contributed by atoms with E-state index in [-0.39, 0.29) is 11.0 Å². The molecule has 6 heteroatoms. The number of hydrogen-bond donors (Lipinski definition) is 0. The van der Waals surface area contributed by atoms with Crippen LogP contribution >= 0.6 is 34.8 Å². The fraction of sp³-hybridized carbons (Fsp3) is 0.0667. The van der Waals surface area contributed by atoms with Crippen LogP contribution in [0.15, 0.2) is 30.3 Å². The van der Waals surface area contributed by atoms with Crippen LogP contribution in [0.3, 0.4) is 0 Å². The molecule has 1 heterocycles. The number of rotatable bonds is 1. The van der Waals surface area contributed by atoms with Gasteiger partial charge in [0.2, 0.25) is 0 Å². The van der Waals surface area contributed by atoms with Crippen LogP contribution in [-0.4, -0.2) is 9.97 Å². The number of fused-ring (bicyclic) bond motifs is 1. The molecule has 0 aliphatic rings. The molecule has 0 saturated carbocycles. The van der Waals surface area contributed by atoms with Gasteiger partial charge in [-0.25, -0.2) is 14.4 Å². The Morgan fingerprint density at radius 3 is 2.48 bits per heavy atom. The monoisotopic (exact) mass is 340 g/mol. The van der Waals surface area contributed by atoms with Crippen molar-refractivity contribution in [3.8, 4) is 11.4 Å². The molecule has 2 nitrogen and oxygen atoms in total. The summed E-state index contributed by atoms with van der Waals surface area (Å²) in [5, 5.41) is 1.69. The average Bonchev–Trinajstić information content (AvgIpc) is 2.40. The smallest absolute Gasteiger partial charge is 0.161 e. The molecule has 0 atom stereocenters. The Balaban J connectivity index is 2.30. The first-order valence-corrected chi connectivity index (χ1v) is 7.18. The molecule has 3 aromatic rings. The number of aromatic nitrogens is 2. The van der Waals surface area contributed by atoms with Crippen LogP contribution in [0.2, 0.25) is 15.2 Å². The Kier molecular flexibility index (Phi) is 3.74. The van der Waals surface area contributed by atoms with Crippen molar-refractivity contribution in [3.63, 3.8) is 0 Å². The molecule has 1 aromatic heterocycles. The first kappa shape index (κ1) is 14.5. The first-order chi connectivity index (χ1) is 9.95. The predicted octanol–water partition coefficient (Wildman–Crippen LogP) is 5.70. The van der Waals surface area contributed by atoms with Gasteiger partial charge in [0, 0.05) is 16.0 Å². The van der Waals surface area contributed by atoms with E-state index in [0.717, 1.165) is 5.56 Å². The van der Waals surface area contributed by atoms with E-state index in [1.807, 2.05) is 0 Å². The van der Waals surface area contributed by atoms with Gasteiger partial charge in [0.05, 0.1) is 10.5 Å². The standard InChI is InChI=1S/C15H8Cl3FN2/c1-7-4-9(19)2-3-10(7)15-20-13-11(14(18)21-15)5-8(16)6-12(13)17/h2-6H,1H3. The van der Waals surface area contributed by atoms with Gasteiger partial charge >= 0.3 is 0 Å². The van der Waals surface area contributed by atoms with E-state index in [2.05, 4.69) is 9.97 Å². The van der Waals surface area contributed by atoms with Gasteiger partial charge in [-0.2, -0.15) is 0 Å². The van der Waals surface area contributed by atoms with Crippen molar-refractivity contribution in [2.75, 3.05) is 0 Å². The predicted molar refractivity (Wildman–Crippen MR) is 84.7 cm³/mol. The van der Waals surface area contributed by atoms with Crippen molar-refractivity contribution in [1.29, 1.82) is 0 Å². The summed E-state index contributed by atoms with van der Waals surface area (Å²) in [6.07, 6.45) is 0. The molecule has 3 rings (SSSR count). The van der Waals surface area contributed by atoms with E-state index in [1.54, 1.807) is 25.1 Å². The molecule has 0 aliphatic heterocycles. The third-order valence-corrected chi connectivity index (χ3v) is 3.90. The van der Waals surface area contributed by atoms with E-state index >= 15 is 0 Å². The first-order valence-electron chi connectivity index (χ1n) is 6.04.